The van der Waals surface area contributed by atoms with Crippen molar-refractivity contribution in [2.24, 2.45) is 12.0 Å². The van der Waals surface area contributed by atoms with Crippen molar-refractivity contribution in [3.05, 3.63) is 48.3 Å². The van der Waals surface area contributed by atoms with E-state index in [2.05, 4.69) is 20.3 Å². The first kappa shape index (κ1) is 16.9. The van der Waals surface area contributed by atoms with Gasteiger partial charge in [0.15, 0.2) is 5.96 Å². The number of aromatic nitrogens is 2. The normalized spacial score (nSPS) is 11.3. The number of rotatable bonds is 7. The number of ether oxygens (including phenoxy) is 1. The number of nitrogens with one attached hydrogen (secondary N) is 1. The number of benzene rings is 1. The van der Waals surface area contributed by atoms with Crippen LogP contribution in [0, 0.1) is 0 Å². The molecule has 0 atom stereocenters. The molecule has 1 heterocycles. The summed E-state index contributed by atoms with van der Waals surface area (Å²) >= 11 is 0. The summed E-state index contributed by atoms with van der Waals surface area (Å²) in [5.41, 5.74) is 1.21. The minimum Gasteiger partial charge on any atom is -0.492 e. The summed E-state index contributed by atoms with van der Waals surface area (Å²) in [5.74, 6) is 1.76. The third kappa shape index (κ3) is 5.65. The van der Waals surface area contributed by atoms with Gasteiger partial charge in [0.2, 0.25) is 0 Å². The van der Waals surface area contributed by atoms with Crippen molar-refractivity contribution < 1.29 is 4.74 Å². The zero-order valence-corrected chi connectivity index (χ0v) is 14.1. The van der Waals surface area contributed by atoms with Crippen molar-refractivity contribution in [1.29, 1.82) is 0 Å². The van der Waals surface area contributed by atoms with Gasteiger partial charge in [-0.1, -0.05) is 18.2 Å². The monoisotopic (exact) mass is 315 g/mol. The fraction of sp³-hybridized carbons (Fsp3) is 0.412. The summed E-state index contributed by atoms with van der Waals surface area (Å²) in [6.45, 7) is 2.20. The highest BCUT2D eigenvalue weighted by molar-refractivity contribution is 5.79. The van der Waals surface area contributed by atoms with E-state index in [0.29, 0.717) is 6.61 Å². The SMILES string of the molecule is CN=C(NCCc1cnn(C)c1)N(C)CCOc1ccccc1. The molecule has 0 fully saturated rings. The Labute approximate surface area is 137 Å². The molecule has 2 aromatic rings. The molecule has 1 N–H and O–H groups in total. The van der Waals surface area contributed by atoms with Gasteiger partial charge in [-0.15, -0.1) is 0 Å². The standard InChI is InChI=1S/C17H25N5O/c1-18-17(19-10-9-15-13-20-22(3)14-15)21(2)11-12-23-16-7-5-4-6-8-16/h4-8,13-14H,9-12H2,1-3H3,(H,18,19). The van der Waals surface area contributed by atoms with Gasteiger partial charge in [0.25, 0.3) is 0 Å². The maximum atomic E-state index is 5.71. The number of hydrogen-bond donors (Lipinski definition) is 1. The Morgan fingerprint density at radius 1 is 1.35 bits per heavy atom. The van der Waals surface area contributed by atoms with Gasteiger partial charge >= 0.3 is 0 Å². The molecule has 0 aliphatic carbocycles. The molecule has 1 aromatic heterocycles. The molecule has 0 bridgehead atoms. The second-order valence-electron chi connectivity index (χ2n) is 5.33. The van der Waals surface area contributed by atoms with Crippen LogP contribution in [0.15, 0.2) is 47.7 Å². The molecule has 0 radical (unpaired) electrons. The molecule has 0 saturated carbocycles. The largest absolute Gasteiger partial charge is 0.492 e. The maximum absolute atomic E-state index is 5.71. The number of hydrogen-bond acceptors (Lipinski definition) is 3. The lowest BCUT2D eigenvalue weighted by Crippen LogP contribution is -2.41. The Hall–Kier alpha value is -2.50. The molecule has 23 heavy (non-hydrogen) atoms. The van der Waals surface area contributed by atoms with Crippen molar-refractivity contribution in [2.45, 2.75) is 6.42 Å². The molecular weight excluding hydrogens is 290 g/mol. The molecule has 6 nitrogen and oxygen atoms in total. The van der Waals surface area contributed by atoms with Gasteiger partial charge in [-0.25, -0.2) is 0 Å². The van der Waals surface area contributed by atoms with Crippen LogP contribution in [0.4, 0.5) is 0 Å². The second-order valence-corrected chi connectivity index (χ2v) is 5.33. The third-order valence-corrected chi connectivity index (χ3v) is 3.47. The van der Waals surface area contributed by atoms with Crippen LogP contribution in [0.25, 0.3) is 0 Å². The summed E-state index contributed by atoms with van der Waals surface area (Å²) in [5, 5.41) is 7.53. The van der Waals surface area contributed by atoms with Crippen molar-refractivity contribution in [2.75, 3.05) is 33.8 Å². The van der Waals surface area contributed by atoms with Crippen LogP contribution in [-0.4, -0.2) is 54.4 Å². The molecule has 0 aliphatic rings. The van der Waals surface area contributed by atoms with Gasteiger partial charge in [0.05, 0.1) is 12.7 Å². The van der Waals surface area contributed by atoms with Crippen LogP contribution in [0.3, 0.4) is 0 Å². The van der Waals surface area contributed by atoms with Gasteiger partial charge in [-0.2, -0.15) is 5.10 Å². The van der Waals surface area contributed by atoms with E-state index in [1.807, 2.05) is 61.5 Å². The fourth-order valence-corrected chi connectivity index (χ4v) is 2.23. The Balaban J connectivity index is 1.69. The molecule has 0 spiro atoms. The van der Waals surface area contributed by atoms with Crippen LogP contribution >= 0.6 is 0 Å². The van der Waals surface area contributed by atoms with Crippen LogP contribution in [0.5, 0.6) is 5.75 Å². The lowest BCUT2D eigenvalue weighted by Gasteiger charge is -2.22. The Morgan fingerprint density at radius 2 is 2.13 bits per heavy atom. The zero-order chi connectivity index (χ0) is 16.5. The van der Waals surface area contributed by atoms with Crippen LogP contribution in [-0.2, 0) is 13.5 Å². The smallest absolute Gasteiger partial charge is 0.193 e. The van der Waals surface area contributed by atoms with E-state index in [1.165, 1.54) is 5.56 Å². The Morgan fingerprint density at radius 3 is 2.78 bits per heavy atom. The number of likely N-dealkylation sites (N-methyl/N-ethyl adjacent to an activating group) is 1. The molecule has 1 aromatic carbocycles. The van der Waals surface area contributed by atoms with Crippen molar-refractivity contribution in [3.63, 3.8) is 0 Å². The molecule has 0 saturated heterocycles. The molecule has 0 aliphatic heterocycles. The van der Waals surface area contributed by atoms with Gasteiger partial charge < -0.3 is 15.0 Å². The highest BCUT2D eigenvalue weighted by Gasteiger charge is 2.06. The number of aryl methyl sites for hydroxylation is 1. The van der Waals surface area contributed by atoms with E-state index in [4.69, 9.17) is 4.74 Å². The lowest BCUT2D eigenvalue weighted by atomic mass is 10.2. The van der Waals surface area contributed by atoms with Gasteiger partial charge in [-0.05, 0) is 24.1 Å². The zero-order valence-electron chi connectivity index (χ0n) is 14.1. The van der Waals surface area contributed by atoms with Gasteiger partial charge in [0, 0.05) is 33.9 Å². The molecule has 2 rings (SSSR count). The highest BCUT2D eigenvalue weighted by Crippen LogP contribution is 2.07. The summed E-state index contributed by atoms with van der Waals surface area (Å²) < 4.78 is 7.53. The van der Waals surface area contributed by atoms with Crippen molar-refractivity contribution in [3.8, 4) is 5.75 Å². The summed E-state index contributed by atoms with van der Waals surface area (Å²) in [4.78, 5) is 6.37. The highest BCUT2D eigenvalue weighted by atomic mass is 16.5. The molecule has 0 unspecified atom stereocenters. The van der Waals surface area contributed by atoms with E-state index in [9.17, 15) is 0 Å². The van der Waals surface area contributed by atoms with E-state index in [-0.39, 0.29) is 0 Å². The average Bonchev–Trinajstić information content (AvgIpc) is 2.98. The maximum Gasteiger partial charge on any atom is 0.193 e. The Bertz CT molecular complexity index is 608. The number of nitrogens with zero attached hydrogens (tertiary/aromatic N) is 4. The summed E-state index contributed by atoms with van der Waals surface area (Å²) in [6.07, 6.45) is 4.84. The molecule has 124 valence electrons. The summed E-state index contributed by atoms with van der Waals surface area (Å²) in [7, 11) is 5.73. The average molecular weight is 315 g/mol. The van der Waals surface area contributed by atoms with Gasteiger partial charge in [0.1, 0.15) is 12.4 Å². The van der Waals surface area contributed by atoms with E-state index >= 15 is 0 Å². The minimum absolute atomic E-state index is 0.615. The third-order valence-electron chi connectivity index (χ3n) is 3.47. The number of para-hydroxylation sites is 1. The molecule has 0 amide bonds. The van der Waals surface area contributed by atoms with Crippen LogP contribution in [0.1, 0.15) is 5.56 Å². The predicted molar refractivity (Wildman–Crippen MR) is 92.8 cm³/mol. The molecular formula is C17H25N5O. The predicted octanol–water partition coefficient (Wildman–Crippen LogP) is 1.55. The Kier molecular flexibility index (Phi) is 6.47. The number of guanidine groups is 1. The number of aliphatic imine (C=N–C) groups is 1. The van der Waals surface area contributed by atoms with Gasteiger partial charge in [-0.3, -0.25) is 9.67 Å². The van der Waals surface area contributed by atoms with E-state index < -0.39 is 0 Å². The topological polar surface area (TPSA) is 54.7 Å². The lowest BCUT2D eigenvalue weighted by molar-refractivity contribution is 0.281. The van der Waals surface area contributed by atoms with E-state index in [1.54, 1.807) is 7.05 Å². The first-order valence-electron chi connectivity index (χ1n) is 7.76. The second kappa shape index (κ2) is 8.82. The summed E-state index contributed by atoms with van der Waals surface area (Å²) in [6, 6.07) is 9.84. The first-order chi connectivity index (χ1) is 11.2. The van der Waals surface area contributed by atoms with Crippen molar-refractivity contribution >= 4 is 5.96 Å². The van der Waals surface area contributed by atoms with E-state index in [0.717, 1.165) is 31.2 Å². The fourth-order valence-electron chi connectivity index (χ4n) is 2.23. The van der Waals surface area contributed by atoms with Crippen molar-refractivity contribution in [1.82, 2.24) is 20.0 Å². The van der Waals surface area contributed by atoms with Crippen LogP contribution < -0.4 is 10.1 Å². The molecule has 6 heteroatoms. The minimum atomic E-state index is 0.615. The first-order valence-corrected chi connectivity index (χ1v) is 7.76. The quantitative estimate of drug-likeness (QED) is 0.622. The van der Waals surface area contributed by atoms with Crippen LogP contribution in [0.2, 0.25) is 0 Å².